The molecule has 248 valence electrons. The van der Waals surface area contributed by atoms with Crippen molar-refractivity contribution in [3.8, 4) is 11.3 Å². The van der Waals surface area contributed by atoms with E-state index in [1.54, 1.807) is 12.0 Å². The molecule has 9 nitrogen and oxygen atoms in total. The molecule has 1 saturated heterocycles. The fraction of sp³-hybridized carbons (Fsp3) is 0.541. The highest BCUT2D eigenvalue weighted by atomic mass is 16.6. The van der Waals surface area contributed by atoms with Gasteiger partial charge in [-0.25, -0.2) is 9.78 Å². The molecule has 0 N–H and O–H groups in total. The van der Waals surface area contributed by atoms with Crippen molar-refractivity contribution >= 4 is 12.0 Å². The van der Waals surface area contributed by atoms with Crippen LogP contribution in [0, 0.1) is 0 Å². The number of benzene rings is 2. The number of nitrogens with zero attached hydrogens (tertiary/aromatic N) is 4. The van der Waals surface area contributed by atoms with E-state index in [0.29, 0.717) is 45.0 Å². The van der Waals surface area contributed by atoms with Gasteiger partial charge in [-0.1, -0.05) is 79.9 Å². The Kier molecular flexibility index (Phi) is 11.5. The van der Waals surface area contributed by atoms with Crippen LogP contribution in [0.5, 0.6) is 0 Å². The van der Waals surface area contributed by atoms with Gasteiger partial charge < -0.3 is 28.6 Å². The standard InChI is InChI=1S/C37H50N4O5/c1-37(2,3)46-36(43)39-21-22-40(30(26-39)25-28-15-8-5-9-16-28)35(42)33-34(29-17-10-6-11-18-29)41(27-38-33)31-19-12-7-13-20-32(31)45-24-14-23-44-4/h5-6,8-11,15-18,27,30-32H,7,12-14,19-26H2,1-4H3/t30-,31+,32+/m1/s1. The molecule has 0 radical (unpaired) electrons. The molecule has 46 heavy (non-hydrogen) atoms. The fourth-order valence-electron chi connectivity index (χ4n) is 6.67. The van der Waals surface area contributed by atoms with Crippen molar-refractivity contribution in [2.24, 2.45) is 0 Å². The number of aromatic nitrogens is 2. The summed E-state index contributed by atoms with van der Waals surface area (Å²) in [6.07, 6.45) is 8.31. The molecule has 0 spiro atoms. The lowest BCUT2D eigenvalue weighted by Crippen LogP contribution is -2.58. The Morgan fingerprint density at radius 1 is 0.913 bits per heavy atom. The zero-order valence-corrected chi connectivity index (χ0v) is 27.9. The van der Waals surface area contributed by atoms with Gasteiger partial charge >= 0.3 is 6.09 Å². The first kappa shape index (κ1) is 33.7. The number of methoxy groups -OCH3 is 1. The SMILES string of the molecule is COCCCO[C@H]1CCCCC[C@@H]1n1cnc(C(=O)N2CCN(C(=O)OC(C)(C)C)C[C@H]2Cc2ccccc2)c1-c1ccccc1. The summed E-state index contributed by atoms with van der Waals surface area (Å²) in [4.78, 5) is 36.3. The van der Waals surface area contributed by atoms with E-state index in [4.69, 9.17) is 19.2 Å². The van der Waals surface area contributed by atoms with E-state index in [1.165, 1.54) is 6.42 Å². The Bertz CT molecular complexity index is 1400. The summed E-state index contributed by atoms with van der Waals surface area (Å²) in [6.45, 7) is 8.10. The van der Waals surface area contributed by atoms with Crippen molar-refractivity contribution < 1.29 is 23.8 Å². The second kappa shape index (κ2) is 15.7. The van der Waals surface area contributed by atoms with Crippen LogP contribution in [0.3, 0.4) is 0 Å². The van der Waals surface area contributed by atoms with Crippen LogP contribution in [0.25, 0.3) is 11.3 Å². The number of imidazole rings is 1. The average Bonchev–Trinajstić information content (AvgIpc) is 3.35. The van der Waals surface area contributed by atoms with Gasteiger partial charge in [-0.2, -0.15) is 0 Å². The molecular formula is C37H50N4O5. The van der Waals surface area contributed by atoms with Crippen molar-refractivity contribution in [3.05, 3.63) is 78.2 Å². The molecule has 3 aromatic rings. The first-order valence-electron chi connectivity index (χ1n) is 16.8. The third kappa shape index (κ3) is 8.56. The summed E-state index contributed by atoms with van der Waals surface area (Å²) >= 11 is 0. The number of rotatable bonds is 10. The van der Waals surface area contributed by atoms with Crippen LogP contribution in [0.2, 0.25) is 0 Å². The van der Waals surface area contributed by atoms with Crippen LogP contribution in [0.15, 0.2) is 67.0 Å². The molecular weight excluding hydrogens is 580 g/mol. The zero-order chi connectivity index (χ0) is 32.5. The predicted molar refractivity (Wildman–Crippen MR) is 179 cm³/mol. The zero-order valence-electron chi connectivity index (χ0n) is 27.9. The number of carbonyl (C=O) groups excluding carboxylic acids is 2. The molecule has 2 aliphatic rings. The monoisotopic (exact) mass is 630 g/mol. The molecule has 2 heterocycles. The van der Waals surface area contributed by atoms with Crippen LogP contribution in [-0.4, -0.2) is 89.1 Å². The van der Waals surface area contributed by atoms with Gasteiger partial charge in [0.15, 0.2) is 5.69 Å². The third-order valence-electron chi connectivity index (χ3n) is 8.85. The largest absolute Gasteiger partial charge is 0.444 e. The molecule has 1 aromatic heterocycles. The molecule has 1 aliphatic heterocycles. The molecule has 3 atom stereocenters. The Balaban J connectivity index is 1.48. The van der Waals surface area contributed by atoms with Crippen molar-refractivity contribution in [2.45, 2.75) is 89.5 Å². The second-order valence-electron chi connectivity index (χ2n) is 13.4. The number of ether oxygens (including phenoxy) is 3. The molecule has 0 unspecified atom stereocenters. The van der Waals surface area contributed by atoms with E-state index in [0.717, 1.165) is 48.9 Å². The van der Waals surface area contributed by atoms with Gasteiger partial charge in [0.1, 0.15) is 5.60 Å². The number of hydrogen-bond donors (Lipinski definition) is 0. The Morgan fingerprint density at radius 2 is 1.63 bits per heavy atom. The highest BCUT2D eigenvalue weighted by Gasteiger charge is 2.38. The number of hydrogen-bond acceptors (Lipinski definition) is 6. The Hall–Kier alpha value is -3.69. The van der Waals surface area contributed by atoms with Gasteiger partial charge in [-0.05, 0) is 52.0 Å². The van der Waals surface area contributed by atoms with E-state index in [2.05, 4.69) is 28.8 Å². The molecule has 5 rings (SSSR count). The van der Waals surface area contributed by atoms with Crippen LogP contribution in [0.4, 0.5) is 4.79 Å². The second-order valence-corrected chi connectivity index (χ2v) is 13.4. The Labute approximate surface area is 273 Å². The molecule has 0 bridgehead atoms. The summed E-state index contributed by atoms with van der Waals surface area (Å²) in [5.41, 5.74) is 2.74. The highest BCUT2D eigenvalue weighted by molar-refractivity contribution is 5.98. The van der Waals surface area contributed by atoms with Gasteiger partial charge in [0.05, 0.1) is 30.2 Å². The lowest BCUT2D eigenvalue weighted by molar-refractivity contribution is 0.00357. The van der Waals surface area contributed by atoms with Crippen molar-refractivity contribution in [3.63, 3.8) is 0 Å². The minimum absolute atomic E-state index is 0.0298. The normalized spacial score (nSPS) is 20.7. The smallest absolute Gasteiger partial charge is 0.410 e. The van der Waals surface area contributed by atoms with E-state index >= 15 is 0 Å². The lowest BCUT2D eigenvalue weighted by atomic mass is 10.00. The minimum atomic E-state index is -0.597. The van der Waals surface area contributed by atoms with E-state index in [-0.39, 0.29) is 30.2 Å². The molecule has 2 aromatic carbocycles. The van der Waals surface area contributed by atoms with Crippen LogP contribution in [0.1, 0.15) is 81.4 Å². The minimum Gasteiger partial charge on any atom is -0.444 e. The van der Waals surface area contributed by atoms with Gasteiger partial charge in [0, 0.05) is 45.5 Å². The van der Waals surface area contributed by atoms with Gasteiger partial charge in [-0.15, -0.1) is 0 Å². The number of amides is 2. The summed E-state index contributed by atoms with van der Waals surface area (Å²) in [5, 5.41) is 0. The molecule has 2 fully saturated rings. The van der Waals surface area contributed by atoms with Gasteiger partial charge in [0.25, 0.3) is 5.91 Å². The molecule has 9 heteroatoms. The average molecular weight is 631 g/mol. The maximum atomic E-state index is 14.7. The molecule has 2 amide bonds. The summed E-state index contributed by atoms with van der Waals surface area (Å²) in [7, 11) is 1.71. The molecule has 1 saturated carbocycles. The van der Waals surface area contributed by atoms with Crippen LogP contribution in [-0.2, 0) is 20.6 Å². The van der Waals surface area contributed by atoms with Crippen molar-refractivity contribution in [1.82, 2.24) is 19.4 Å². The van der Waals surface area contributed by atoms with Gasteiger partial charge in [-0.3, -0.25) is 4.79 Å². The maximum Gasteiger partial charge on any atom is 0.410 e. The topological polar surface area (TPSA) is 86.1 Å². The fourth-order valence-corrected chi connectivity index (χ4v) is 6.67. The van der Waals surface area contributed by atoms with E-state index in [1.807, 2.05) is 68.4 Å². The summed E-state index contributed by atoms with van der Waals surface area (Å²) < 4.78 is 19.7. The number of carbonyl (C=O) groups is 2. The summed E-state index contributed by atoms with van der Waals surface area (Å²) in [5.74, 6) is -0.117. The van der Waals surface area contributed by atoms with E-state index in [9.17, 15) is 9.59 Å². The van der Waals surface area contributed by atoms with E-state index < -0.39 is 5.60 Å². The number of piperazine rings is 1. The van der Waals surface area contributed by atoms with Crippen molar-refractivity contribution in [1.29, 1.82) is 0 Å². The van der Waals surface area contributed by atoms with Crippen molar-refractivity contribution in [2.75, 3.05) is 40.0 Å². The maximum absolute atomic E-state index is 14.7. The molecule has 1 aliphatic carbocycles. The van der Waals surface area contributed by atoms with Crippen LogP contribution >= 0.6 is 0 Å². The predicted octanol–water partition coefficient (Wildman–Crippen LogP) is 6.78. The highest BCUT2D eigenvalue weighted by Crippen LogP contribution is 2.36. The first-order chi connectivity index (χ1) is 22.2. The third-order valence-corrected chi connectivity index (χ3v) is 8.85. The van der Waals surface area contributed by atoms with Crippen LogP contribution < -0.4 is 0 Å². The Morgan fingerprint density at radius 3 is 2.35 bits per heavy atom. The summed E-state index contributed by atoms with van der Waals surface area (Å²) in [6, 6.07) is 20.1. The van der Waals surface area contributed by atoms with Gasteiger partial charge in [0.2, 0.25) is 0 Å². The quantitative estimate of drug-likeness (QED) is 0.181. The lowest BCUT2D eigenvalue weighted by Gasteiger charge is -2.41. The first-order valence-corrected chi connectivity index (χ1v) is 16.8.